The van der Waals surface area contributed by atoms with Gasteiger partial charge in [-0.1, -0.05) is 0 Å². The molecular formula is C10H14N2O3. The number of methoxy groups -OCH3 is 2. The Kier molecular flexibility index (Phi) is 5.64. The molecule has 0 saturated carbocycles. The van der Waals surface area contributed by atoms with Crippen molar-refractivity contribution in [1.29, 1.82) is 5.26 Å². The zero-order valence-electron chi connectivity index (χ0n) is 9.27. The molecule has 0 amide bonds. The number of allylic oxidation sites excluding steroid dienone is 1. The van der Waals surface area contributed by atoms with Gasteiger partial charge in [-0.15, -0.1) is 0 Å². The molecule has 0 atom stereocenters. The lowest BCUT2D eigenvalue weighted by atomic mass is 10.2. The van der Waals surface area contributed by atoms with Gasteiger partial charge in [0.05, 0.1) is 14.2 Å². The van der Waals surface area contributed by atoms with Crippen molar-refractivity contribution in [2.24, 2.45) is 0 Å². The van der Waals surface area contributed by atoms with Crippen molar-refractivity contribution in [1.82, 2.24) is 4.90 Å². The van der Waals surface area contributed by atoms with Crippen LogP contribution in [0.1, 0.15) is 0 Å². The van der Waals surface area contributed by atoms with E-state index in [0.29, 0.717) is 0 Å². The summed E-state index contributed by atoms with van der Waals surface area (Å²) in [4.78, 5) is 12.9. The highest BCUT2D eigenvalue weighted by atomic mass is 16.5. The highest BCUT2D eigenvalue weighted by molar-refractivity contribution is 5.93. The minimum absolute atomic E-state index is 0.155. The van der Waals surface area contributed by atoms with Crippen molar-refractivity contribution in [3.8, 4) is 6.07 Å². The molecule has 0 heterocycles. The number of hydrogen-bond donors (Lipinski definition) is 0. The largest absolute Gasteiger partial charge is 0.495 e. The standard InChI is InChI=1S/C10H14N2O3/c1-12(2)6-5-9(14-3)8(7-11)10(13)15-4/h5-6H,1-4H3/b6-5+,9-8-. The summed E-state index contributed by atoms with van der Waals surface area (Å²) in [6.45, 7) is 0. The molecule has 0 radical (unpaired) electrons. The van der Waals surface area contributed by atoms with Crippen molar-refractivity contribution < 1.29 is 14.3 Å². The first-order chi connectivity index (χ1) is 7.06. The summed E-state index contributed by atoms with van der Waals surface area (Å²) in [6.07, 6.45) is 3.19. The Morgan fingerprint density at radius 3 is 2.27 bits per heavy atom. The number of rotatable bonds is 4. The molecule has 0 aliphatic carbocycles. The van der Waals surface area contributed by atoms with Gasteiger partial charge in [0.25, 0.3) is 0 Å². The smallest absolute Gasteiger partial charge is 0.352 e. The second-order valence-electron chi connectivity index (χ2n) is 2.83. The average molecular weight is 210 g/mol. The maximum atomic E-state index is 11.2. The molecule has 0 aliphatic heterocycles. The van der Waals surface area contributed by atoms with Crippen LogP contribution in [0.5, 0.6) is 0 Å². The summed E-state index contributed by atoms with van der Waals surface area (Å²) in [5, 5.41) is 8.76. The lowest BCUT2D eigenvalue weighted by Crippen LogP contribution is -2.07. The van der Waals surface area contributed by atoms with Gasteiger partial charge in [-0.3, -0.25) is 0 Å². The van der Waals surface area contributed by atoms with Gasteiger partial charge in [0, 0.05) is 20.3 Å². The predicted octanol–water partition coefficient (Wildman–Crippen LogP) is 0.659. The molecule has 0 aliphatic rings. The number of ether oxygens (including phenoxy) is 2. The fourth-order valence-electron chi connectivity index (χ4n) is 0.774. The van der Waals surface area contributed by atoms with Gasteiger partial charge in [0.2, 0.25) is 0 Å². The number of nitriles is 1. The van der Waals surface area contributed by atoms with Crippen molar-refractivity contribution in [2.45, 2.75) is 0 Å². The van der Waals surface area contributed by atoms with Crippen LogP contribution in [-0.2, 0) is 14.3 Å². The van der Waals surface area contributed by atoms with Crippen molar-refractivity contribution in [2.75, 3.05) is 28.3 Å². The van der Waals surface area contributed by atoms with E-state index in [1.807, 2.05) is 14.1 Å². The van der Waals surface area contributed by atoms with E-state index in [9.17, 15) is 4.79 Å². The first-order valence-corrected chi connectivity index (χ1v) is 4.18. The van der Waals surface area contributed by atoms with Crippen LogP contribution in [0.4, 0.5) is 0 Å². The molecule has 15 heavy (non-hydrogen) atoms. The van der Waals surface area contributed by atoms with Crippen LogP contribution >= 0.6 is 0 Å². The third kappa shape index (κ3) is 4.18. The van der Waals surface area contributed by atoms with Gasteiger partial charge in [-0.2, -0.15) is 5.26 Å². The Hall–Kier alpha value is -1.96. The van der Waals surface area contributed by atoms with Gasteiger partial charge < -0.3 is 14.4 Å². The van der Waals surface area contributed by atoms with Gasteiger partial charge in [0.1, 0.15) is 11.8 Å². The lowest BCUT2D eigenvalue weighted by molar-refractivity contribution is -0.135. The van der Waals surface area contributed by atoms with Crippen molar-refractivity contribution >= 4 is 5.97 Å². The Labute approximate surface area is 89.2 Å². The molecule has 0 aromatic rings. The third-order valence-corrected chi connectivity index (χ3v) is 1.49. The monoisotopic (exact) mass is 210 g/mol. The second-order valence-corrected chi connectivity index (χ2v) is 2.83. The van der Waals surface area contributed by atoms with Gasteiger partial charge in [0.15, 0.2) is 5.57 Å². The maximum Gasteiger partial charge on any atom is 0.352 e. The first-order valence-electron chi connectivity index (χ1n) is 4.18. The molecule has 0 aromatic carbocycles. The van der Waals surface area contributed by atoms with E-state index in [1.165, 1.54) is 20.3 Å². The maximum absolute atomic E-state index is 11.2. The van der Waals surface area contributed by atoms with Gasteiger partial charge in [-0.05, 0) is 6.08 Å². The van der Waals surface area contributed by atoms with Crippen molar-refractivity contribution in [3.63, 3.8) is 0 Å². The van der Waals surface area contributed by atoms with E-state index in [-0.39, 0.29) is 11.3 Å². The van der Waals surface area contributed by atoms with Gasteiger partial charge in [-0.25, -0.2) is 4.79 Å². The second kappa shape index (κ2) is 6.49. The first kappa shape index (κ1) is 13.0. The molecule has 0 rings (SSSR count). The highest BCUT2D eigenvalue weighted by Gasteiger charge is 2.14. The quantitative estimate of drug-likeness (QED) is 0.224. The summed E-state index contributed by atoms with van der Waals surface area (Å²) in [5.74, 6) is -0.532. The Bertz CT molecular complexity index is 324. The summed E-state index contributed by atoms with van der Waals surface area (Å²) >= 11 is 0. The number of esters is 1. The summed E-state index contributed by atoms with van der Waals surface area (Å²) in [6, 6.07) is 1.74. The van der Waals surface area contributed by atoms with Crippen LogP contribution in [0.25, 0.3) is 0 Å². The molecule has 0 N–H and O–H groups in total. The Morgan fingerprint density at radius 2 is 1.93 bits per heavy atom. The molecule has 0 saturated heterocycles. The number of carbonyl (C=O) groups is 1. The summed E-state index contributed by atoms with van der Waals surface area (Å²) < 4.78 is 9.37. The molecule has 82 valence electrons. The fraction of sp³-hybridized carbons (Fsp3) is 0.400. The van der Waals surface area contributed by atoms with Crippen LogP contribution in [-0.4, -0.2) is 39.2 Å². The normalized spacial score (nSPS) is 11.7. The molecular weight excluding hydrogens is 196 g/mol. The molecule has 0 bridgehead atoms. The molecule has 0 aromatic heterocycles. The minimum atomic E-state index is -0.710. The van der Waals surface area contributed by atoms with Crippen LogP contribution in [0.2, 0.25) is 0 Å². The van der Waals surface area contributed by atoms with Crippen molar-refractivity contribution in [3.05, 3.63) is 23.6 Å². The van der Waals surface area contributed by atoms with E-state index in [0.717, 1.165) is 0 Å². The van der Waals surface area contributed by atoms with E-state index in [2.05, 4.69) is 4.74 Å². The zero-order valence-corrected chi connectivity index (χ0v) is 9.27. The number of nitrogens with zero attached hydrogens (tertiary/aromatic N) is 2. The molecule has 0 spiro atoms. The van der Waals surface area contributed by atoms with Gasteiger partial charge >= 0.3 is 5.97 Å². The third-order valence-electron chi connectivity index (χ3n) is 1.49. The van der Waals surface area contributed by atoms with Crippen LogP contribution in [0.3, 0.4) is 0 Å². The van der Waals surface area contributed by atoms with E-state index in [4.69, 9.17) is 10.00 Å². The predicted molar refractivity (Wildman–Crippen MR) is 54.5 cm³/mol. The highest BCUT2D eigenvalue weighted by Crippen LogP contribution is 2.08. The van der Waals surface area contributed by atoms with E-state index >= 15 is 0 Å². The molecule has 5 heteroatoms. The lowest BCUT2D eigenvalue weighted by Gasteiger charge is -2.06. The fourth-order valence-corrected chi connectivity index (χ4v) is 0.774. The van der Waals surface area contributed by atoms with Crippen LogP contribution in [0.15, 0.2) is 23.6 Å². The number of carbonyl (C=O) groups excluding carboxylic acids is 1. The summed E-state index contributed by atoms with van der Waals surface area (Å²) in [7, 11) is 6.22. The SMILES string of the molecule is COC(=O)/C(C#N)=C(/C=C/N(C)C)OC. The van der Waals surface area contributed by atoms with E-state index < -0.39 is 5.97 Å². The Morgan fingerprint density at radius 1 is 1.33 bits per heavy atom. The van der Waals surface area contributed by atoms with Crippen LogP contribution in [0, 0.1) is 11.3 Å². The Balaban J connectivity index is 5.10. The van der Waals surface area contributed by atoms with Crippen LogP contribution < -0.4 is 0 Å². The average Bonchev–Trinajstić information content (AvgIpc) is 2.22. The number of hydrogen-bond acceptors (Lipinski definition) is 5. The van der Waals surface area contributed by atoms with E-state index in [1.54, 1.807) is 17.2 Å². The molecule has 0 fully saturated rings. The molecule has 0 unspecified atom stereocenters. The topological polar surface area (TPSA) is 62.6 Å². The minimum Gasteiger partial charge on any atom is -0.495 e. The zero-order chi connectivity index (χ0) is 11.8. The summed E-state index contributed by atoms with van der Waals surface area (Å²) in [5.41, 5.74) is -0.155. The molecule has 5 nitrogen and oxygen atoms in total.